The normalized spacial score (nSPS) is 11.4. The fourth-order valence-electron chi connectivity index (χ4n) is 3.30. The molecule has 0 aromatic heterocycles. The Morgan fingerprint density at radius 3 is 2.38 bits per heavy atom. The second-order valence-electron chi connectivity index (χ2n) is 7.84. The van der Waals surface area contributed by atoms with Crippen LogP contribution in [0.5, 0.6) is 5.75 Å². The van der Waals surface area contributed by atoms with E-state index in [0.29, 0.717) is 25.3 Å². The minimum absolute atomic E-state index is 0.0597. The smallest absolute Gasteiger partial charge is 0.252 e. The first-order valence-electron chi connectivity index (χ1n) is 11.2. The van der Waals surface area contributed by atoms with E-state index in [-0.39, 0.29) is 18.4 Å². The maximum absolute atomic E-state index is 12.9. The summed E-state index contributed by atoms with van der Waals surface area (Å²) in [6.07, 6.45) is 0. The molecule has 0 saturated heterocycles. The SMILES string of the molecule is COc1ccc(NCCNC(=O)C(COCc2ccccc2)NC(=O)c2cccc(C)c2)cc1. The Bertz CT molecular complexity index is 1050. The number of aryl methyl sites for hydroxylation is 1. The molecule has 0 heterocycles. The van der Waals surface area contributed by atoms with Gasteiger partial charge in [0.2, 0.25) is 5.91 Å². The molecule has 1 atom stereocenters. The summed E-state index contributed by atoms with van der Waals surface area (Å²) in [6, 6.07) is 23.6. The van der Waals surface area contributed by atoms with Gasteiger partial charge in [0.15, 0.2) is 0 Å². The standard InChI is InChI=1S/C27H31N3O4/c1-20-7-6-10-22(17-20)26(31)30-25(19-34-18-21-8-4-3-5-9-21)27(32)29-16-15-28-23-11-13-24(33-2)14-12-23/h3-14,17,25,28H,15-16,18-19H2,1-2H3,(H,29,32)(H,30,31). The Morgan fingerprint density at radius 1 is 0.912 bits per heavy atom. The number of anilines is 1. The van der Waals surface area contributed by atoms with Gasteiger partial charge in [-0.05, 0) is 48.9 Å². The van der Waals surface area contributed by atoms with Crippen molar-refractivity contribution in [3.63, 3.8) is 0 Å². The van der Waals surface area contributed by atoms with Crippen LogP contribution in [0.4, 0.5) is 5.69 Å². The molecule has 0 aliphatic carbocycles. The number of hydrogen-bond acceptors (Lipinski definition) is 5. The number of methoxy groups -OCH3 is 1. The molecule has 3 N–H and O–H groups in total. The van der Waals surface area contributed by atoms with E-state index in [4.69, 9.17) is 9.47 Å². The van der Waals surface area contributed by atoms with Crippen molar-refractivity contribution in [3.8, 4) is 5.75 Å². The van der Waals surface area contributed by atoms with Crippen LogP contribution >= 0.6 is 0 Å². The topological polar surface area (TPSA) is 88.7 Å². The van der Waals surface area contributed by atoms with Gasteiger partial charge in [-0.25, -0.2) is 0 Å². The molecule has 0 bridgehead atoms. The molecule has 3 aromatic rings. The lowest BCUT2D eigenvalue weighted by Crippen LogP contribution is -2.50. The fraction of sp³-hybridized carbons (Fsp3) is 0.259. The van der Waals surface area contributed by atoms with E-state index >= 15 is 0 Å². The number of ether oxygens (including phenoxy) is 2. The maximum Gasteiger partial charge on any atom is 0.252 e. The molecule has 0 spiro atoms. The predicted molar refractivity (Wildman–Crippen MR) is 133 cm³/mol. The number of benzene rings is 3. The van der Waals surface area contributed by atoms with Crippen LogP contribution < -0.4 is 20.7 Å². The summed E-state index contributed by atoms with van der Waals surface area (Å²) in [5, 5.41) is 8.92. The third-order valence-electron chi connectivity index (χ3n) is 5.14. The van der Waals surface area contributed by atoms with E-state index in [2.05, 4.69) is 16.0 Å². The fourth-order valence-corrected chi connectivity index (χ4v) is 3.30. The van der Waals surface area contributed by atoms with Crippen molar-refractivity contribution in [1.82, 2.24) is 10.6 Å². The lowest BCUT2D eigenvalue weighted by atomic mass is 10.1. The van der Waals surface area contributed by atoms with Gasteiger partial charge < -0.3 is 25.4 Å². The van der Waals surface area contributed by atoms with Gasteiger partial charge in [-0.1, -0.05) is 48.0 Å². The highest BCUT2D eigenvalue weighted by Gasteiger charge is 2.21. The third-order valence-corrected chi connectivity index (χ3v) is 5.14. The van der Waals surface area contributed by atoms with Crippen molar-refractivity contribution in [1.29, 1.82) is 0 Å². The van der Waals surface area contributed by atoms with Gasteiger partial charge >= 0.3 is 0 Å². The molecule has 7 nitrogen and oxygen atoms in total. The van der Waals surface area contributed by atoms with E-state index in [9.17, 15) is 9.59 Å². The summed E-state index contributed by atoms with van der Waals surface area (Å²) in [6.45, 7) is 3.25. The quantitative estimate of drug-likeness (QED) is 0.359. The van der Waals surface area contributed by atoms with Crippen LogP contribution in [0, 0.1) is 6.92 Å². The van der Waals surface area contributed by atoms with Crippen molar-refractivity contribution in [2.75, 3.05) is 32.1 Å². The molecule has 1 unspecified atom stereocenters. The van der Waals surface area contributed by atoms with Crippen molar-refractivity contribution in [3.05, 3.63) is 95.6 Å². The van der Waals surface area contributed by atoms with Gasteiger partial charge in [0.1, 0.15) is 11.8 Å². The summed E-state index contributed by atoms with van der Waals surface area (Å²) in [5.41, 5.74) is 3.39. The molecule has 3 rings (SSSR count). The van der Waals surface area contributed by atoms with Gasteiger partial charge in [0.05, 0.1) is 20.3 Å². The minimum atomic E-state index is -0.822. The Hall–Kier alpha value is -3.84. The van der Waals surface area contributed by atoms with Crippen LogP contribution in [-0.4, -0.2) is 44.7 Å². The van der Waals surface area contributed by atoms with E-state index in [1.54, 1.807) is 19.2 Å². The Balaban J connectivity index is 1.54. The Labute approximate surface area is 200 Å². The molecule has 3 aromatic carbocycles. The average Bonchev–Trinajstić information content (AvgIpc) is 2.86. The molecular formula is C27H31N3O4. The van der Waals surface area contributed by atoms with Crippen molar-refractivity contribution >= 4 is 17.5 Å². The lowest BCUT2D eigenvalue weighted by Gasteiger charge is -2.19. The molecule has 0 fully saturated rings. The van der Waals surface area contributed by atoms with Crippen LogP contribution in [0.1, 0.15) is 21.5 Å². The Morgan fingerprint density at radius 2 is 1.68 bits per heavy atom. The van der Waals surface area contributed by atoms with Gasteiger partial charge in [-0.15, -0.1) is 0 Å². The zero-order chi connectivity index (χ0) is 24.2. The van der Waals surface area contributed by atoms with Crippen molar-refractivity contribution < 1.29 is 19.1 Å². The molecule has 7 heteroatoms. The maximum atomic E-state index is 12.9. The first kappa shape index (κ1) is 24.8. The summed E-state index contributed by atoms with van der Waals surface area (Å²) >= 11 is 0. The predicted octanol–water partition coefficient (Wildman–Crippen LogP) is 3.55. The number of nitrogens with one attached hydrogen (secondary N) is 3. The van der Waals surface area contributed by atoms with Crippen LogP contribution in [-0.2, 0) is 16.1 Å². The molecule has 34 heavy (non-hydrogen) atoms. The van der Waals surface area contributed by atoms with Crippen molar-refractivity contribution in [2.24, 2.45) is 0 Å². The minimum Gasteiger partial charge on any atom is -0.497 e. The van der Waals surface area contributed by atoms with E-state index in [1.807, 2.05) is 73.7 Å². The highest BCUT2D eigenvalue weighted by atomic mass is 16.5. The first-order valence-corrected chi connectivity index (χ1v) is 11.2. The zero-order valence-corrected chi connectivity index (χ0v) is 19.5. The van der Waals surface area contributed by atoms with E-state index < -0.39 is 6.04 Å². The van der Waals surface area contributed by atoms with Crippen LogP contribution in [0.15, 0.2) is 78.9 Å². The van der Waals surface area contributed by atoms with Crippen LogP contribution in [0.3, 0.4) is 0 Å². The highest BCUT2D eigenvalue weighted by Crippen LogP contribution is 2.14. The van der Waals surface area contributed by atoms with Gasteiger partial charge in [0.25, 0.3) is 5.91 Å². The number of rotatable bonds is 12. The highest BCUT2D eigenvalue weighted by molar-refractivity contribution is 5.97. The van der Waals surface area contributed by atoms with Gasteiger partial charge in [-0.3, -0.25) is 9.59 Å². The number of amides is 2. The molecule has 0 radical (unpaired) electrons. The molecule has 178 valence electrons. The summed E-state index contributed by atoms with van der Waals surface area (Å²) in [4.78, 5) is 25.6. The van der Waals surface area contributed by atoms with Gasteiger partial charge in [0, 0.05) is 24.3 Å². The second kappa shape index (κ2) is 13.0. The third kappa shape index (κ3) is 7.94. The van der Waals surface area contributed by atoms with Crippen LogP contribution in [0.25, 0.3) is 0 Å². The summed E-state index contributed by atoms with van der Waals surface area (Å²) in [7, 11) is 1.62. The lowest BCUT2D eigenvalue weighted by molar-refractivity contribution is -0.124. The monoisotopic (exact) mass is 461 g/mol. The van der Waals surface area contributed by atoms with Crippen LogP contribution in [0.2, 0.25) is 0 Å². The number of hydrogen-bond donors (Lipinski definition) is 3. The first-order chi connectivity index (χ1) is 16.5. The molecular weight excluding hydrogens is 430 g/mol. The molecule has 2 amide bonds. The van der Waals surface area contributed by atoms with Crippen molar-refractivity contribution in [2.45, 2.75) is 19.6 Å². The Kier molecular flexibility index (Phi) is 9.49. The van der Waals surface area contributed by atoms with Gasteiger partial charge in [-0.2, -0.15) is 0 Å². The molecule has 0 aliphatic heterocycles. The second-order valence-corrected chi connectivity index (χ2v) is 7.84. The number of carbonyl (C=O) groups is 2. The van der Waals surface area contributed by atoms with E-state index in [1.165, 1.54) is 0 Å². The average molecular weight is 462 g/mol. The largest absolute Gasteiger partial charge is 0.497 e. The summed E-state index contributed by atoms with van der Waals surface area (Å²) < 4.78 is 10.9. The van der Waals surface area contributed by atoms with E-state index in [0.717, 1.165) is 22.6 Å². The summed E-state index contributed by atoms with van der Waals surface area (Å²) in [5.74, 6) is 0.163. The molecule has 0 aliphatic rings. The zero-order valence-electron chi connectivity index (χ0n) is 19.5. The number of carbonyl (C=O) groups excluding carboxylic acids is 2. The molecule has 0 saturated carbocycles.